The van der Waals surface area contributed by atoms with E-state index in [-0.39, 0.29) is 0 Å². The van der Waals surface area contributed by atoms with Gasteiger partial charge in [-0.15, -0.1) is 0 Å². The number of benzene rings is 2. The van der Waals surface area contributed by atoms with Crippen molar-refractivity contribution in [3.63, 3.8) is 0 Å². The molecule has 0 amide bonds. The molecule has 0 aliphatic carbocycles. The maximum Gasteiger partial charge on any atom is 0.416 e. The Balaban J connectivity index is 2.17. The molecular weight excluding hydrogens is 442 g/mol. The molecule has 0 N–H and O–H groups in total. The molecule has 28 heavy (non-hydrogen) atoms. The summed E-state index contributed by atoms with van der Waals surface area (Å²) in [6, 6.07) is 3.69. The number of halogens is 6. The fourth-order valence-corrected chi connectivity index (χ4v) is 3.45. The first-order chi connectivity index (χ1) is 12.6. The van der Waals surface area contributed by atoms with Gasteiger partial charge in [-0.3, -0.25) is 0 Å². The summed E-state index contributed by atoms with van der Waals surface area (Å²) in [4.78, 5) is -1.69. The highest BCUT2D eigenvalue weighted by Gasteiger charge is 2.32. The van der Waals surface area contributed by atoms with Crippen LogP contribution >= 0.6 is 0 Å². The third-order valence-corrected chi connectivity index (χ3v) is 5.43. The molecule has 6 nitrogen and oxygen atoms in total. The Morgan fingerprint density at radius 2 is 0.786 bits per heavy atom. The van der Waals surface area contributed by atoms with Crippen LogP contribution < -0.4 is 0 Å². The number of hydrogen-bond donors (Lipinski definition) is 0. The van der Waals surface area contributed by atoms with Gasteiger partial charge in [-0.25, -0.2) is 0 Å². The van der Waals surface area contributed by atoms with Crippen molar-refractivity contribution in [3.8, 4) is 0 Å². The lowest BCUT2D eigenvalue weighted by molar-refractivity contribution is -0.138. The first-order valence-electron chi connectivity index (χ1n) is 6.85. The summed E-state index contributed by atoms with van der Waals surface area (Å²) in [6.45, 7) is 0. The third kappa shape index (κ3) is 5.21. The summed E-state index contributed by atoms with van der Waals surface area (Å²) in [7, 11) is -9.89. The van der Waals surface area contributed by atoms with E-state index in [1.165, 1.54) is 0 Å². The normalized spacial score (nSPS) is 13.5. The van der Waals surface area contributed by atoms with Gasteiger partial charge in [0, 0.05) is 0 Å². The Bertz CT molecular complexity index is 952. The lowest BCUT2D eigenvalue weighted by Crippen LogP contribution is -2.14. The third-order valence-electron chi connectivity index (χ3n) is 3.15. The molecule has 0 aliphatic rings. The topological polar surface area (TPSA) is 86.7 Å². The van der Waals surface area contributed by atoms with Crippen LogP contribution in [0.4, 0.5) is 26.3 Å². The molecule has 0 aliphatic heterocycles. The number of hydrogen-bond acceptors (Lipinski definition) is 6. The lowest BCUT2D eigenvalue weighted by Gasteiger charge is -2.09. The maximum absolute atomic E-state index is 12.5. The van der Waals surface area contributed by atoms with Crippen LogP contribution in [0.25, 0.3) is 0 Å². The van der Waals surface area contributed by atoms with Crippen molar-refractivity contribution in [1.82, 2.24) is 0 Å². The van der Waals surface area contributed by atoms with Crippen LogP contribution in [-0.2, 0) is 41.3 Å². The molecule has 0 aromatic heterocycles. The van der Waals surface area contributed by atoms with Crippen molar-refractivity contribution in [1.29, 1.82) is 0 Å². The average Bonchev–Trinajstić information content (AvgIpc) is 2.59. The molecule has 2 aromatic rings. The molecule has 0 radical (unpaired) electrons. The Morgan fingerprint density at radius 3 is 1.00 bits per heavy atom. The van der Waals surface area contributed by atoms with Gasteiger partial charge in [0.2, 0.25) is 0 Å². The molecule has 154 valence electrons. The highest BCUT2D eigenvalue weighted by molar-refractivity contribution is 7.89. The largest absolute Gasteiger partial charge is 0.416 e. The predicted molar refractivity (Wildman–Crippen MR) is 79.4 cm³/mol. The number of rotatable bonds is 5. The molecule has 0 fully saturated rings. The average molecular weight is 450 g/mol. The zero-order valence-corrected chi connectivity index (χ0v) is 14.8. The minimum absolute atomic E-state index is 0.417. The van der Waals surface area contributed by atoms with Crippen molar-refractivity contribution < 1.29 is 51.8 Å². The van der Waals surface area contributed by atoms with Crippen LogP contribution in [0.1, 0.15) is 11.1 Å². The van der Waals surface area contributed by atoms with Gasteiger partial charge in [0.05, 0.1) is 20.9 Å². The molecule has 2 aromatic carbocycles. The zero-order chi connectivity index (χ0) is 21.4. The Labute approximate surface area is 154 Å². The van der Waals surface area contributed by atoms with Crippen LogP contribution in [0.15, 0.2) is 58.3 Å². The summed E-state index contributed by atoms with van der Waals surface area (Å²) in [5, 5.41) is 0. The summed E-state index contributed by atoms with van der Waals surface area (Å²) in [5.41, 5.74) is -2.32. The molecule has 0 heterocycles. The van der Waals surface area contributed by atoms with Gasteiger partial charge in [-0.05, 0) is 48.5 Å². The van der Waals surface area contributed by atoms with Gasteiger partial charge in [-0.1, -0.05) is 8.67 Å². The van der Waals surface area contributed by atoms with Crippen LogP contribution in [0.5, 0.6) is 0 Å². The molecule has 0 unspecified atom stereocenters. The van der Waals surface area contributed by atoms with Gasteiger partial charge in [-0.2, -0.15) is 43.2 Å². The second-order valence-electron chi connectivity index (χ2n) is 5.09. The first-order valence-corrected chi connectivity index (χ1v) is 9.67. The minimum Gasteiger partial charge on any atom is -0.192 e. The second kappa shape index (κ2) is 7.35. The van der Waals surface area contributed by atoms with Gasteiger partial charge in [0.25, 0.3) is 0 Å². The highest BCUT2D eigenvalue weighted by atomic mass is 32.2. The molecule has 0 atom stereocenters. The van der Waals surface area contributed by atoms with Crippen molar-refractivity contribution in [2.75, 3.05) is 0 Å². The van der Waals surface area contributed by atoms with Crippen molar-refractivity contribution >= 4 is 20.2 Å². The highest BCUT2D eigenvalue weighted by Crippen LogP contribution is 2.31. The summed E-state index contributed by atoms with van der Waals surface area (Å²) >= 11 is 0. The van der Waals surface area contributed by atoms with Gasteiger partial charge in [0.1, 0.15) is 0 Å². The monoisotopic (exact) mass is 450 g/mol. The Hall–Kier alpha value is -2.16. The standard InChI is InChI=1S/C14H8F6O6S2/c15-13(16,17)9-1-5-11(6-2-9)27(21,22)25-26-28(23,24)12-7-3-10(4-8-12)14(18,19)20/h1-8H. The maximum atomic E-state index is 12.5. The molecule has 0 bridgehead atoms. The number of alkyl halides is 6. The lowest BCUT2D eigenvalue weighted by atomic mass is 10.2. The van der Waals surface area contributed by atoms with Crippen molar-refractivity contribution in [2.45, 2.75) is 22.1 Å². The van der Waals surface area contributed by atoms with Gasteiger partial charge in [0.15, 0.2) is 0 Å². The van der Waals surface area contributed by atoms with Crippen LogP contribution in [0.2, 0.25) is 0 Å². The van der Waals surface area contributed by atoms with Crippen LogP contribution in [0, 0.1) is 0 Å². The van der Waals surface area contributed by atoms with Crippen molar-refractivity contribution in [3.05, 3.63) is 59.7 Å². The summed E-state index contributed by atoms with van der Waals surface area (Å²) in [6.07, 6.45) is -9.46. The quantitative estimate of drug-likeness (QED) is 0.392. The van der Waals surface area contributed by atoms with E-state index in [9.17, 15) is 43.2 Å². The molecule has 2 rings (SSSR count). The van der Waals surface area contributed by atoms with E-state index in [1.54, 1.807) is 0 Å². The van der Waals surface area contributed by atoms with E-state index < -0.39 is 53.5 Å². The first kappa shape index (κ1) is 22.1. The molecule has 0 spiro atoms. The van der Waals surface area contributed by atoms with Gasteiger partial charge < -0.3 is 0 Å². The molecule has 0 saturated heterocycles. The van der Waals surface area contributed by atoms with E-state index in [1.807, 2.05) is 0 Å². The van der Waals surface area contributed by atoms with E-state index in [2.05, 4.69) is 8.67 Å². The Morgan fingerprint density at radius 1 is 0.536 bits per heavy atom. The van der Waals surface area contributed by atoms with Crippen LogP contribution in [0.3, 0.4) is 0 Å². The van der Waals surface area contributed by atoms with E-state index in [4.69, 9.17) is 0 Å². The van der Waals surface area contributed by atoms with E-state index in [0.29, 0.717) is 48.5 Å². The smallest absolute Gasteiger partial charge is 0.192 e. The molecule has 0 saturated carbocycles. The molecular formula is C14H8F6O6S2. The molecule has 14 heteroatoms. The van der Waals surface area contributed by atoms with Gasteiger partial charge >= 0.3 is 32.6 Å². The van der Waals surface area contributed by atoms with E-state index in [0.717, 1.165) is 0 Å². The summed E-state index contributed by atoms with van der Waals surface area (Å²) in [5.74, 6) is 0. The van der Waals surface area contributed by atoms with Crippen LogP contribution in [-0.4, -0.2) is 16.8 Å². The second-order valence-corrected chi connectivity index (χ2v) is 8.12. The fourth-order valence-electron chi connectivity index (χ4n) is 1.77. The Kier molecular flexibility index (Phi) is 5.81. The minimum atomic E-state index is -4.94. The summed E-state index contributed by atoms with van der Waals surface area (Å²) < 4.78 is 130. The van der Waals surface area contributed by atoms with E-state index >= 15 is 0 Å². The SMILES string of the molecule is O=S(=O)(OOS(=O)(=O)c1ccc(C(F)(F)F)cc1)c1ccc(C(F)(F)F)cc1. The van der Waals surface area contributed by atoms with Crippen molar-refractivity contribution in [2.24, 2.45) is 0 Å². The fraction of sp³-hybridized carbons (Fsp3) is 0.143. The zero-order valence-electron chi connectivity index (χ0n) is 13.2. The predicted octanol–water partition coefficient (Wildman–Crippen LogP) is 3.75.